The van der Waals surface area contributed by atoms with Crippen LogP contribution in [0.4, 0.5) is 4.39 Å². The van der Waals surface area contributed by atoms with Gasteiger partial charge >= 0.3 is 0 Å². The number of hydrogen-bond donors (Lipinski definition) is 1. The van der Waals surface area contributed by atoms with E-state index in [4.69, 9.17) is 22.1 Å². The van der Waals surface area contributed by atoms with E-state index in [1.165, 1.54) is 18.2 Å². The highest BCUT2D eigenvalue weighted by atomic mass is 79.9. The fourth-order valence-corrected chi connectivity index (χ4v) is 2.55. The minimum atomic E-state index is -0.464. The fourth-order valence-electron chi connectivity index (χ4n) is 1.86. The van der Waals surface area contributed by atoms with Gasteiger partial charge in [0.05, 0.1) is 5.02 Å². The number of benzene rings is 2. The van der Waals surface area contributed by atoms with Crippen molar-refractivity contribution in [3.63, 3.8) is 0 Å². The summed E-state index contributed by atoms with van der Waals surface area (Å²) in [7, 11) is 0. The number of halogens is 3. The van der Waals surface area contributed by atoms with E-state index in [0.717, 1.165) is 22.9 Å². The highest BCUT2D eigenvalue weighted by molar-refractivity contribution is 9.10. The molecule has 0 amide bonds. The van der Waals surface area contributed by atoms with Gasteiger partial charge in [0, 0.05) is 16.6 Å². The zero-order chi connectivity index (χ0) is 15.4. The van der Waals surface area contributed by atoms with E-state index in [2.05, 4.69) is 22.9 Å². The van der Waals surface area contributed by atoms with Crippen LogP contribution >= 0.6 is 27.5 Å². The molecule has 0 aliphatic rings. The van der Waals surface area contributed by atoms with Crippen molar-refractivity contribution in [1.29, 1.82) is 0 Å². The predicted molar refractivity (Wildman–Crippen MR) is 87.6 cm³/mol. The van der Waals surface area contributed by atoms with Crippen molar-refractivity contribution in [2.75, 3.05) is 0 Å². The van der Waals surface area contributed by atoms with Gasteiger partial charge in [0.2, 0.25) is 0 Å². The molecule has 2 aromatic rings. The first-order chi connectivity index (χ1) is 9.99. The third kappa shape index (κ3) is 4.43. The summed E-state index contributed by atoms with van der Waals surface area (Å²) in [6.45, 7) is 2.06. The summed E-state index contributed by atoms with van der Waals surface area (Å²) in [5.74, 6) is 0.679. The summed E-state index contributed by atoms with van der Waals surface area (Å²) in [5.41, 5.74) is 7.10. The first kappa shape index (κ1) is 16.3. The van der Waals surface area contributed by atoms with E-state index in [1.807, 2.05) is 18.2 Å². The molecule has 0 aromatic heterocycles. The lowest BCUT2D eigenvalue weighted by atomic mass is 10.0. The molecule has 2 rings (SSSR count). The molecule has 2 aromatic carbocycles. The van der Waals surface area contributed by atoms with Crippen LogP contribution < -0.4 is 10.5 Å². The largest absolute Gasteiger partial charge is 0.457 e. The summed E-state index contributed by atoms with van der Waals surface area (Å²) in [6.07, 6.45) is 1.73. The SMILES string of the molecule is CCC(N)Cc1ccc(Oc2ccc(F)c(Cl)c2)cc1Br. The molecule has 0 aliphatic heterocycles. The molecule has 2 nitrogen and oxygen atoms in total. The molecular formula is C16H16BrClFNO. The third-order valence-corrected chi connectivity index (χ3v) is 4.19. The van der Waals surface area contributed by atoms with Gasteiger partial charge in [0.1, 0.15) is 17.3 Å². The molecule has 0 saturated heterocycles. The summed E-state index contributed by atoms with van der Waals surface area (Å²) in [4.78, 5) is 0. The van der Waals surface area contributed by atoms with Crippen LogP contribution in [0.2, 0.25) is 5.02 Å². The van der Waals surface area contributed by atoms with E-state index in [9.17, 15) is 4.39 Å². The standard InChI is InChI=1S/C16H16BrClFNO/c1-2-11(20)7-10-3-4-12(8-14(10)17)21-13-5-6-16(19)15(18)9-13/h3-6,8-9,11H,2,7,20H2,1H3. The van der Waals surface area contributed by atoms with Gasteiger partial charge in [-0.2, -0.15) is 0 Å². The Balaban J connectivity index is 2.14. The maximum Gasteiger partial charge on any atom is 0.142 e. The maximum atomic E-state index is 13.1. The monoisotopic (exact) mass is 371 g/mol. The molecule has 0 fully saturated rings. The van der Waals surface area contributed by atoms with Gasteiger partial charge in [-0.15, -0.1) is 0 Å². The second-order valence-electron chi connectivity index (χ2n) is 4.80. The van der Waals surface area contributed by atoms with Gasteiger partial charge in [-0.05, 0) is 42.7 Å². The van der Waals surface area contributed by atoms with Crippen LogP contribution in [0.3, 0.4) is 0 Å². The lowest BCUT2D eigenvalue weighted by Gasteiger charge is -2.12. The zero-order valence-corrected chi connectivity index (χ0v) is 13.9. The molecule has 0 bridgehead atoms. The van der Waals surface area contributed by atoms with E-state index in [0.29, 0.717) is 11.5 Å². The van der Waals surface area contributed by atoms with Gasteiger partial charge in [0.25, 0.3) is 0 Å². The molecule has 0 heterocycles. The number of hydrogen-bond acceptors (Lipinski definition) is 2. The first-order valence-corrected chi connectivity index (χ1v) is 7.83. The highest BCUT2D eigenvalue weighted by Gasteiger charge is 2.08. The number of rotatable bonds is 5. The Kier molecular flexibility index (Phi) is 5.62. The minimum Gasteiger partial charge on any atom is -0.457 e. The molecule has 0 saturated carbocycles. The smallest absolute Gasteiger partial charge is 0.142 e. The highest BCUT2D eigenvalue weighted by Crippen LogP contribution is 2.29. The van der Waals surface area contributed by atoms with Crippen LogP contribution in [0.5, 0.6) is 11.5 Å². The quantitative estimate of drug-likeness (QED) is 0.771. The topological polar surface area (TPSA) is 35.2 Å². The van der Waals surface area contributed by atoms with Gasteiger partial charge in [0.15, 0.2) is 0 Å². The maximum absolute atomic E-state index is 13.1. The first-order valence-electron chi connectivity index (χ1n) is 6.66. The van der Waals surface area contributed by atoms with Crippen molar-refractivity contribution in [2.24, 2.45) is 5.73 Å². The van der Waals surface area contributed by atoms with Crippen molar-refractivity contribution >= 4 is 27.5 Å². The van der Waals surface area contributed by atoms with Gasteiger partial charge in [-0.25, -0.2) is 4.39 Å². The molecule has 2 N–H and O–H groups in total. The zero-order valence-electron chi connectivity index (χ0n) is 11.6. The Hall–Kier alpha value is -1.10. The van der Waals surface area contributed by atoms with Crippen molar-refractivity contribution in [2.45, 2.75) is 25.8 Å². The molecule has 21 heavy (non-hydrogen) atoms. The third-order valence-electron chi connectivity index (χ3n) is 3.16. The van der Waals surface area contributed by atoms with Crippen molar-refractivity contribution in [1.82, 2.24) is 0 Å². The van der Waals surface area contributed by atoms with Crippen LogP contribution in [0.25, 0.3) is 0 Å². The second-order valence-corrected chi connectivity index (χ2v) is 6.07. The predicted octanol–water partition coefficient (Wildman–Crippen LogP) is 5.31. The van der Waals surface area contributed by atoms with Crippen LogP contribution in [-0.4, -0.2) is 6.04 Å². The summed E-state index contributed by atoms with van der Waals surface area (Å²) in [5, 5.41) is 0.0390. The number of ether oxygens (including phenoxy) is 1. The van der Waals surface area contributed by atoms with Crippen molar-refractivity contribution in [3.05, 3.63) is 57.3 Å². The van der Waals surface area contributed by atoms with E-state index in [1.54, 1.807) is 0 Å². The average molecular weight is 373 g/mol. The summed E-state index contributed by atoms with van der Waals surface area (Å²) >= 11 is 9.25. The summed E-state index contributed by atoms with van der Waals surface area (Å²) < 4.78 is 19.7. The van der Waals surface area contributed by atoms with Gasteiger partial charge in [-0.1, -0.05) is 40.5 Å². The van der Waals surface area contributed by atoms with Crippen LogP contribution in [-0.2, 0) is 6.42 Å². The lowest BCUT2D eigenvalue weighted by Crippen LogP contribution is -2.21. The molecule has 0 radical (unpaired) electrons. The summed E-state index contributed by atoms with van der Waals surface area (Å²) in [6, 6.07) is 10.1. The van der Waals surface area contributed by atoms with Crippen LogP contribution in [0.15, 0.2) is 40.9 Å². The molecule has 0 aliphatic carbocycles. The molecule has 112 valence electrons. The lowest BCUT2D eigenvalue weighted by molar-refractivity contribution is 0.480. The van der Waals surface area contributed by atoms with E-state index in [-0.39, 0.29) is 11.1 Å². The number of nitrogens with two attached hydrogens (primary N) is 1. The Morgan fingerprint density at radius 3 is 2.52 bits per heavy atom. The Morgan fingerprint density at radius 1 is 1.24 bits per heavy atom. The Morgan fingerprint density at radius 2 is 1.90 bits per heavy atom. The molecule has 1 unspecified atom stereocenters. The van der Waals surface area contributed by atoms with Crippen LogP contribution in [0.1, 0.15) is 18.9 Å². The normalized spacial score (nSPS) is 12.2. The van der Waals surface area contributed by atoms with Gasteiger partial charge in [-0.3, -0.25) is 0 Å². The molecule has 0 spiro atoms. The molecule has 5 heteroatoms. The van der Waals surface area contributed by atoms with E-state index < -0.39 is 5.82 Å². The Labute approximate surface area is 137 Å². The Bertz CT molecular complexity index is 636. The minimum absolute atomic E-state index is 0.0390. The second kappa shape index (κ2) is 7.25. The fraction of sp³-hybridized carbons (Fsp3) is 0.250. The van der Waals surface area contributed by atoms with E-state index >= 15 is 0 Å². The van der Waals surface area contributed by atoms with Crippen molar-refractivity contribution < 1.29 is 9.13 Å². The average Bonchev–Trinajstić information content (AvgIpc) is 2.45. The molecule has 1 atom stereocenters. The van der Waals surface area contributed by atoms with Gasteiger partial charge < -0.3 is 10.5 Å². The van der Waals surface area contributed by atoms with Crippen LogP contribution in [0, 0.1) is 5.82 Å². The molecular weight excluding hydrogens is 357 g/mol. The van der Waals surface area contributed by atoms with Crippen molar-refractivity contribution in [3.8, 4) is 11.5 Å².